The number of rotatable bonds is 5. The molecule has 28 heavy (non-hydrogen) atoms. The molecule has 2 fully saturated rings. The highest BCUT2D eigenvalue weighted by Crippen LogP contribution is 2.30. The number of nitrogens with one attached hydrogen (secondary N) is 3. The Hall–Kier alpha value is -2.29. The van der Waals surface area contributed by atoms with Crippen LogP contribution in [0, 0.1) is 0 Å². The van der Waals surface area contributed by atoms with E-state index in [1.165, 1.54) is 0 Å². The van der Waals surface area contributed by atoms with Gasteiger partial charge in [0.1, 0.15) is 11.6 Å². The van der Waals surface area contributed by atoms with Crippen molar-refractivity contribution in [1.29, 1.82) is 0 Å². The molecule has 0 spiro atoms. The van der Waals surface area contributed by atoms with Crippen molar-refractivity contribution >= 4 is 33.2 Å². The number of fused-ring (bicyclic) bond motifs is 1. The van der Waals surface area contributed by atoms with E-state index in [4.69, 9.17) is 14.7 Å². The molecule has 0 aliphatic carbocycles. The van der Waals surface area contributed by atoms with Gasteiger partial charge in [-0.15, -0.1) is 11.3 Å². The maximum Gasteiger partial charge on any atom is 0.162 e. The molecule has 0 aromatic carbocycles. The van der Waals surface area contributed by atoms with Gasteiger partial charge in [0, 0.05) is 43.6 Å². The first-order valence-electron chi connectivity index (χ1n) is 9.88. The Morgan fingerprint density at radius 3 is 2.86 bits per heavy atom. The van der Waals surface area contributed by atoms with Gasteiger partial charge in [0.2, 0.25) is 0 Å². The lowest BCUT2D eigenvalue weighted by atomic mass is 10.1. The van der Waals surface area contributed by atoms with Gasteiger partial charge in [0.05, 0.1) is 10.2 Å². The molecular formula is C20H24N6OS. The zero-order valence-corrected chi connectivity index (χ0v) is 16.5. The first-order valence-corrected chi connectivity index (χ1v) is 10.8. The molecule has 0 radical (unpaired) electrons. The number of hydrogen-bond acceptors (Lipinski definition) is 8. The summed E-state index contributed by atoms with van der Waals surface area (Å²) in [7, 11) is 0. The lowest BCUT2D eigenvalue weighted by Gasteiger charge is -2.23. The standard InChI is InChI=1S/C20H24N6OS/c1-7-22-17(23-14-3-8-27-9-4-14)11-13(1)19-25-16-5-10-28-18(16)20(26-19)24-15-2-6-21-12-15/h1,5,7,10-11,14-15,21H,2-4,6,8-9,12H2,(H,22,23)(H,24,25,26). The summed E-state index contributed by atoms with van der Waals surface area (Å²) in [5, 5.41) is 12.6. The van der Waals surface area contributed by atoms with Crippen LogP contribution in [0.25, 0.3) is 21.6 Å². The van der Waals surface area contributed by atoms with E-state index in [0.717, 1.165) is 78.8 Å². The van der Waals surface area contributed by atoms with Crippen LogP contribution in [0.5, 0.6) is 0 Å². The fourth-order valence-corrected chi connectivity index (χ4v) is 4.54. The zero-order valence-electron chi connectivity index (χ0n) is 15.6. The fourth-order valence-electron chi connectivity index (χ4n) is 3.76. The Kier molecular flexibility index (Phi) is 5.07. The highest BCUT2D eigenvalue weighted by molar-refractivity contribution is 7.17. The van der Waals surface area contributed by atoms with Gasteiger partial charge in [-0.2, -0.15) is 0 Å². The summed E-state index contributed by atoms with van der Waals surface area (Å²) in [4.78, 5) is 14.2. The van der Waals surface area contributed by atoms with Crippen molar-refractivity contribution in [3.05, 3.63) is 29.8 Å². The molecule has 2 aliphatic rings. The monoisotopic (exact) mass is 396 g/mol. The quantitative estimate of drug-likeness (QED) is 0.611. The first kappa shape index (κ1) is 17.8. The first-order chi connectivity index (χ1) is 13.8. The van der Waals surface area contributed by atoms with E-state index >= 15 is 0 Å². The van der Waals surface area contributed by atoms with Crippen molar-refractivity contribution in [3.63, 3.8) is 0 Å². The van der Waals surface area contributed by atoms with E-state index in [1.54, 1.807) is 11.3 Å². The van der Waals surface area contributed by atoms with Crippen molar-refractivity contribution in [3.8, 4) is 11.4 Å². The molecule has 3 aromatic heterocycles. The van der Waals surface area contributed by atoms with Gasteiger partial charge < -0.3 is 20.7 Å². The van der Waals surface area contributed by atoms with E-state index in [1.807, 2.05) is 18.3 Å². The van der Waals surface area contributed by atoms with Crippen LogP contribution in [0.2, 0.25) is 0 Å². The zero-order chi connectivity index (χ0) is 18.8. The molecule has 1 unspecified atom stereocenters. The molecule has 3 N–H and O–H groups in total. The smallest absolute Gasteiger partial charge is 0.162 e. The maximum atomic E-state index is 5.44. The second-order valence-electron chi connectivity index (χ2n) is 7.33. The van der Waals surface area contributed by atoms with Crippen LogP contribution in [0.1, 0.15) is 19.3 Å². The second-order valence-corrected chi connectivity index (χ2v) is 8.24. The van der Waals surface area contributed by atoms with Crippen molar-refractivity contribution in [2.45, 2.75) is 31.3 Å². The minimum atomic E-state index is 0.406. The van der Waals surface area contributed by atoms with Crippen LogP contribution >= 0.6 is 11.3 Å². The van der Waals surface area contributed by atoms with Gasteiger partial charge in [-0.3, -0.25) is 0 Å². The van der Waals surface area contributed by atoms with Crippen LogP contribution in [0.4, 0.5) is 11.6 Å². The number of thiophene rings is 1. The number of nitrogens with zero attached hydrogens (tertiary/aromatic N) is 3. The molecular weight excluding hydrogens is 372 g/mol. The van der Waals surface area contributed by atoms with Crippen LogP contribution in [0.15, 0.2) is 29.8 Å². The Bertz CT molecular complexity index is 949. The predicted octanol–water partition coefficient (Wildman–Crippen LogP) is 3.12. The molecule has 0 saturated carbocycles. The largest absolute Gasteiger partial charge is 0.381 e. The van der Waals surface area contributed by atoms with Crippen LogP contribution in [0.3, 0.4) is 0 Å². The van der Waals surface area contributed by atoms with Crippen molar-refractivity contribution in [2.75, 3.05) is 36.9 Å². The van der Waals surface area contributed by atoms with E-state index in [-0.39, 0.29) is 0 Å². The highest BCUT2D eigenvalue weighted by Gasteiger charge is 2.19. The van der Waals surface area contributed by atoms with Crippen LogP contribution in [-0.4, -0.2) is 53.3 Å². The number of hydrogen-bond donors (Lipinski definition) is 3. The summed E-state index contributed by atoms with van der Waals surface area (Å²) in [5.41, 5.74) is 1.96. The molecule has 2 saturated heterocycles. The third-order valence-corrected chi connectivity index (χ3v) is 6.21. The molecule has 3 aromatic rings. The van der Waals surface area contributed by atoms with Crippen LogP contribution in [-0.2, 0) is 4.74 Å². The molecule has 5 heterocycles. The van der Waals surface area contributed by atoms with Gasteiger partial charge in [-0.05, 0) is 49.4 Å². The van der Waals surface area contributed by atoms with E-state index in [9.17, 15) is 0 Å². The average molecular weight is 397 g/mol. The summed E-state index contributed by atoms with van der Waals surface area (Å²) in [6, 6.07) is 6.90. The normalized spacial score (nSPS) is 20.5. The number of aromatic nitrogens is 3. The Labute approximate surface area is 168 Å². The average Bonchev–Trinajstić information content (AvgIpc) is 3.41. The third-order valence-electron chi connectivity index (χ3n) is 5.30. The van der Waals surface area contributed by atoms with Gasteiger partial charge in [-0.25, -0.2) is 15.0 Å². The number of ether oxygens (including phenoxy) is 1. The predicted molar refractivity (Wildman–Crippen MR) is 113 cm³/mol. The lowest BCUT2D eigenvalue weighted by molar-refractivity contribution is 0.0904. The Morgan fingerprint density at radius 2 is 2.00 bits per heavy atom. The molecule has 2 aliphatic heterocycles. The SMILES string of the molecule is c1cc(-c2nc(NC3CCNC3)c3sccc3n2)cc(NC2CCOCC2)n1. The molecule has 1 atom stereocenters. The van der Waals surface area contributed by atoms with Crippen molar-refractivity contribution in [1.82, 2.24) is 20.3 Å². The van der Waals surface area contributed by atoms with Gasteiger partial charge in [0.15, 0.2) is 5.82 Å². The fraction of sp³-hybridized carbons (Fsp3) is 0.450. The second kappa shape index (κ2) is 7.98. The lowest BCUT2D eigenvalue weighted by Crippen LogP contribution is -2.28. The Morgan fingerprint density at radius 1 is 1.07 bits per heavy atom. The summed E-state index contributed by atoms with van der Waals surface area (Å²) >= 11 is 1.68. The molecule has 0 amide bonds. The summed E-state index contributed by atoms with van der Waals surface area (Å²) in [5.74, 6) is 2.53. The van der Waals surface area contributed by atoms with E-state index in [2.05, 4.69) is 32.4 Å². The van der Waals surface area contributed by atoms with Gasteiger partial charge in [-0.1, -0.05) is 0 Å². The molecule has 146 valence electrons. The summed E-state index contributed by atoms with van der Waals surface area (Å²) in [6.07, 6.45) is 4.95. The van der Waals surface area contributed by atoms with Crippen LogP contribution < -0.4 is 16.0 Å². The summed E-state index contributed by atoms with van der Waals surface area (Å²) < 4.78 is 6.56. The minimum absolute atomic E-state index is 0.406. The topological polar surface area (TPSA) is 84.0 Å². The molecule has 5 rings (SSSR count). The molecule has 7 nitrogen and oxygen atoms in total. The number of pyridine rings is 1. The van der Waals surface area contributed by atoms with E-state index < -0.39 is 0 Å². The maximum absolute atomic E-state index is 5.44. The van der Waals surface area contributed by atoms with Crippen molar-refractivity contribution < 1.29 is 4.74 Å². The Balaban J connectivity index is 1.44. The number of anilines is 2. The molecule has 8 heteroatoms. The van der Waals surface area contributed by atoms with Gasteiger partial charge in [0.25, 0.3) is 0 Å². The van der Waals surface area contributed by atoms with Gasteiger partial charge >= 0.3 is 0 Å². The third kappa shape index (κ3) is 3.80. The highest BCUT2D eigenvalue weighted by atomic mass is 32.1. The molecule has 0 bridgehead atoms. The van der Waals surface area contributed by atoms with E-state index in [0.29, 0.717) is 12.1 Å². The van der Waals surface area contributed by atoms with Crippen molar-refractivity contribution in [2.24, 2.45) is 0 Å². The minimum Gasteiger partial charge on any atom is -0.381 e. The summed E-state index contributed by atoms with van der Waals surface area (Å²) in [6.45, 7) is 3.64.